The fraction of sp³-hybridized carbons (Fsp3) is 1.00. The molecule has 1 unspecified atom stereocenters. The number of nitrogens with two attached hydrogens (primary N) is 1. The molecule has 2 nitrogen and oxygen atoms in total. The summed E-state index contributed by atoms with van der Waals surface area (Å²) < 4.78 is 0. The quantitative estimate of drug-likeness (QED) is 0.588. The lowest BCUT2D eigenvalue weighted by Gasteiger charge is -2.30. The van der Waals surface area contributed by atoms with Gasteiger partial charge in [-0.1, -0.05) is 12.8 Å². The highest BCUT2D eigenvalue weighted by molar-refractivity contribution is 5.02. The van der Waals surface area contributed by atoms with Crippen LogP contribution < -0.4 is 11.1 Å². The highest BCUT2D eigenvalue weighted by atomic mass is 15.0. The van der Waals surface area contributed by atoms with Gasteiger partial charge in [0.25, 0.3) is 0 Å². The van der Waals surface area contributed by atoms with E-state index in [-0.39, 0.29) is 0 Å². The van der Waals surface area contributed by atoms with E-state index in [2.05, 4.69) is 5.32 Å². The van der Waals surface area contributed by atoms with Gasteiger partial charge in [-0.2, -0.15) is 0 Å². The molecule has 11 heavy (non-hydrogen) atoms. The van der Waals surface area contributed by atoms with Crippen LogP contribution in [-0.4, -0.2) is 18.6 Å². The molecule has 1 spiro atoms. The van der Waals surface area contributed by atoms with E-state index in [0.29, 0.717) is 5.54 Å². The van der Waals surface area contributed by atoms with Crippen molar-refractivity contribution in [1.29, 1.82) is 0 Å². The second-order valence-electron chi connectivity index (χ2n) is 4.01. The van der Waals surface area contributed by atoms with Gasteiger partial charge in [-0.3, -0.25) is 0 Å². The Balaban J connectivity index is 2.09. The predicted octanol–water partition coefficient (Wildman–Crippen LogP) is 0.867. The zero-order valence-corrected chi connectivity index (χ0v) is 7.10. The zero-order valence-electron chi connectivity index (χ0n) is 7.10. The molecule has 0 bridgehead atoms. The first kappa shape index (κ1) is 7.56. The molecule has 1 heterocycles. The molecule has 3 N–H and O–H groups in total. The van der Waals surface area contributed by atoms with Crippen molar-refractivity contribution in [3.05, 3.63) is 0 Å². The highest BCUT2D eigenvalue weighted by Gasteiger charge is 2.43. The van der Waals surface area contributed by atoms with Gasteiger partial charge in [-0.05, 0) is 38.3 Å². The van der Waals surface area contributed by atoms with Crippen LogP contribution in [0.1, 0.15) is 32.1 Å². The summed E-state index contributed by atoms with van der Waals surface area (Å²) in [5.74, 6) is 0.769. The van der Waals surface area contributed by atoms with Gasteiger partial charge in [0.2, 0.25) is 0 Å². The second kappa shape index (κ2) is 2.76. The molecular weight excluding hydrogens is 136 g/mol. The lowest BCUT2D eigenvalue weighted by atomic mass is 9.84. The van der Waals surface area contributed by atoms with Crippen molar-refractivity contribution >= 4 is 0 Å². The normalized spacial score (nSPS) is 35.2. The van der Waals surface area contributed by atoms with Crippen LogP contribution in [0.2, 0.25) is 0 Å². The Morgan fingerprint density at radius 3 is 2.73 bits per heavy atom. The number of hydrogen-bond acceptors (Lipinski definition) is 2. The summed E-state index contributed by atoms with van der Waals surface area (Å²) in [4.78, 5) is 0. The van der Waals surface area contributed by atoms with E-state index in [1.165, 1.54) is 38.6 Å². The van der Waals surface area contributed by atoms with Crippen molar-refractivity contribution in [2.24, 2.45) is 11.7 Å². The third kappa shape index (κ3) is 1.09. The Kier molecular flexibility index (Phi) is 1.90. The first-order valence-electron chi connectivity index (χ1n) is 4.82. The molecule has 2 aliphatic rings. The van der Waals surface area contributed by atoms with Gasteiger partial charge in [0, 0.05) is 5.54 Å². The van der Waals surface area contributed by atoms with E-state index in [9.17, 15) is 0 Å². The van der Waals surface area contributed by atoms with Gasteiger partial charge < -0.3 is 11.1 Å². The number of hydrogen-bond donors (Lipinski definition) is 2. The van der Waals surface area contributed by atoms with E-state index in [4.69, 9.17) is 5.73 Å². The molecule has 1 atom stereocenters. The molecule has 2 fully saturated rings. The Hall–Kier alpha value is -0.0800. The predicted molar refractivity (Wildman–Crippen MR) is 46.4 cm³/mol. The Morgan fingerprint density at radius 2 is 2.09 bits per heavy atom. The molecule has 1 aliphatic carbocycles. The van der Waals surface area contributed by atoms with Gasteiger partial charge in [-0.15, -0.1) is 0 Å². The molecule has 1 aliphatic heterocycles. The molecule has 0 aromatic heterocycles. The van der Waals surface area contributed by atoms with E-state index in [0.717, 1.165) is 12.5 Å². The third-order valence-corrected chi connectivity index (χ3v) is 3.53. The summed E-state index contributed by atoms with van der Waals surface area (Å²) in [5, 5.41) is 3.65. The lowest BCUT2D eigenvalue weighted by Crippen LogP contribution is -2.44. The third-order valence-electron chi connectivity index (χ3n) is 3.53. The summed E-state index contributed by atoms with van der Waals surface area (Å²) in [6.45, 7) is 2.08. The summed E-state index contributed by atoms with van der Waals surface area (Å²) in [5.41, 5.74) is 6.23. The summed E-state index contributed by atoms with van der Waals surface area (Å²) in [6.07, 6.45) is 6.85. The van der Waals surface area contributed by atoms with Crippen molar-refractivity contribution in [3.8, 4) is 0 Å². The van der Waals surface area contributed by atoms with Crippen molar-refractivity contribution in [3.63, 3.8) is 0 Å². The molecule has 0 amide bonds. The molecule has 1 saturated heterocycles. The molecular formula is C9H18N2. The summed E-state index contributed by atoms with van der Waals surface area (Å²) in [7, 11) is 0. The maximum absolute atomic E-state index is 5.75. The van der Waals surface area contributed by atoms with Gasteiger partial charge in [-0.25, -0.2) is 0 Å². The van der Waals surface area contributed by atoms with Crippen LogP contribution in [0.25, 0.3) is 0 Å². The molecule has 1 saturated carbocycles. The van der Waals surface area contributed by atoms with Crippen LogP contribution in [0.3, 0.4) is 0 Å². The van der Waals surface area contributed by atoms with Crippen molar-refractivity contribution < 1.29 is 0 Å². The molecule has 2 rings (SSSR count). The van der Waals surface area contributed by atoms with Gasteiger partial charge in [0.1, 0.15) is 0 Å². The van der Waals surface area contributed by atoms with E-state index in [1.54, 1.807) is 0 Å². The smallest absolute Gasteiger partial charge is 0.0222 e. The topological polar surface area (TPSA) is 38.0 Å². The lowest BCUT2D eigenvalue weighted by molar-refractivity contribution is 0.289. The summed E-state index contributed by atoms with van der Waals surface area (Å²) >= 11 is 0. The van der Waals surface area contributed by atoms with Crippen molar-refractivity contribution in [2.45, 2.75) is 37.6 Å². The molecule has 64 valence electrons. The minimum atomic E-state index is 0.481. The van der Waals surface area contributed by atoms with Crippen LogP contribution in [0.4, 0.5) is 0 Å². The number of rotatable bonds is 1. The standard InChI is InChI=1S/C9H18N2/c10-7-8-3-6-11-9(8)4-1-2-5-9/h8,11H,1-7,10H2. The first-order chi connectivity index (χ1) is 5.37. The SMILES string of the molecule is NCC1CCNC12CCCC2. The fourth-order valence-corrected chi connectivity index (χ4v) is 2.85. The number of nitrogens with one attached hydrogen (secondary N) is 1. The zero-order chi connectivity index (χ0) is 7.73. The second-order valence-corrected chi connectivity index (χ2v) is 4.01. The maximum Gasteiger partial charge on any atom is 0.0222 e. The van der Waals surface area contributed by atoms with Crippen LogP contribution >= 0.6 is 0 Å². The summed E-state index contributed by atoms with van der Waals surface area (Å²) in [6, 6.07) is 0. The molecule has 0 aromatic carbocycles. The molecule has 0 radical (unpaired) electrons. The minimum Gasteiger partial charge on any atom is -0.330 e. The van der Waals surface area contributed by atoms with Crippen molar-refractivity contribution in [1.82, 2.24) is 5.32 Å². The fourth-order valence-electron chi connectivity index (χ4n) is 2.85. The van der Waals surface area contributed by atoms with E-state index < -0.39 is 0 Å². The minimum absolute atomic E-state index is 0.481. The Morgan fingerprint density at radius 1 is 1.36 bits per heavy atom. The highest BCUT2D eigenvalue weighted by Crippen LogP contribution is 2.40. The largest absolute Gasteiger partial charge is 0.330 e. The average molecular weight is 154 g/mol. The van der Waals surface area contributed by atoms with Crippen molar-refractivity contribution in [2.75, 3.05) is 13.1 Å². The molecule has 2 heteroatoms. The van der Waals surface area contributed by atoms with Crippen LogP contribution in [0.5, 0.6) is 0 Å². The Bertz CT molecular complexity index is 133. The monoisotopic (exact) mass is 154 g/mol. The van der Waals surface area contributed by atoms with E-state index in [1.807, 2.05) is 0 Å². The maximum atomic E-state index is 5.75. The van der Waals surface area contributed by atoms with Crippen LogP contribution in [-0.2, 0) is 0 Å². The van der Waals surface area contributed by atoms with Crippen LogP contribution in [0, 0.1) is 5.92 Å². The van der Waals surface area contributed by atoms with Gasteiger partial charge >= 0.3 is 0 Å². The average Bonchev–Trinajstić information content (AvgIpc) is 2.62. The van der Waals surface area contributed by atoms with E-state index >= 15 is 0 Å². The molecule has 0 aromatic rings. The Labute approximate surface area is 68.5 Å². The first-order valence-corrected chi connectivity index (χ1v) is 4.82. The van der Waals surface area contributed by atoms with Gasteiger partial charge in [0.15, 0.2) is 0 Å². The van der Waals surface area contributed by atoms with Gasteiger partial charge in [0.05, 0.1) is 0 Å². The van der Waals surface area contributed by atoms with Crippen LogP contribution in [0.15, 0.2) is 0 Å².